The number of hydrogen-bond acceptors (Lipinski definition) is 4. The van der Waals surface area contributed by atoms with Crippen molar-refractivity contribution in [1.82, 2.24) is 20.1 Å². The van der Waals surface area contributed by atoms with Gasteiger partial charge in [-0.15, -0.1) is 10.2 Å². The monoisotopic (exact) mass is 328 g/mol. The molecule has 0 saturated carbocycles. The van der Waals surface area contributed by atoms with E-state index in [1.165, 1.54) is 6.07 Å². The van der Waals surface area contributed by atoms with Crippen LogP contribution in [-0.4, -0.2) is 26.7 Å². The van der Waals surface area contributed by atoms with Crippen LogP contribution in [0.4, 0.5) is 4.39 Å². The van der Waals surface area contributed by atoms with Crippen LogP contribution in [-0.2, 0) is 13.0 Å². The Morgan fingerprint density at radius 2 is 2.21 bits per heavy atom. The van der Waals surface area contributed by atoms with Crippen molar-refractivity contribution in [3.05, 3.63) is 47.0 Å². The molecule has 4 rings (SSSR count). The van der Waals surface area contributed by atoms with Crippen LogP contribution < -0.4 is 5.32 Å². The number of furan rings is 1. The SMILES string of the molecule is Cc1c(C(=O)N[C@H]2CCc3nnc(C)n3C2)oc2c(F)cccc12. The molecule has 1 N–H and O–H groups in total. The first kappa shape index (κ1) is 14.9. The molecule has 1 amide bonds. The third kappa shape index (κ3) is 2.28. The number of fused-ring (bicyclic) bond motifs is 2. The molecule has 6 nitrogen and oxygen atoms in total. The highest BCUT2D eigenvalue weighted by molar-refractivity contribution is 5.99. The van der Waals surface area contributed by atoms with Crippen LogP contribution in [0.5, 0.6) is 0 Å². The van der Waals surface area contributed by atoms with Gasteiger partial charge in [-0.1, -0.05) is 12.1 Å². The normalized spacial score (nSPS) is 17.0. The number of benzene rings is 1. The zero-order valence-electron chi connectivity index (χ0n) is 13.5. The Morgan fingerprint density at radius 3 is 3.00 bits per heavy atom. The first-order chi connectivity index (χ1) is 11.5. The third-order valence-electron chi connectivity index (χ3n) is 4.59. The summed E-state index contributed by atoms with van der Waals surface area (Å²) in [7, 11) is 0. The summed E-state index contributed by atoms with van der Waals surface area (Å²) in [5, 5.41) is 11.8. The minimum Gasteiger partial charge on any atom is -0.448 e. The second kappa shape index (κ2) is 5.43. The van der Waals surface area contributed by atoms with E-state index in [4.69, 9.17) is 4.42 Å². The lowest BCUT2D eigenvalue weighted by atomic mass is 10.1. The molecule has 24 heavy (non-hydrogen) atoms. The van der Waals surface area contributed by atoms with Gasteiger partial charge in [0.25, 0.3) is 5.91 Å². The molecule has 2 aromatic heterocycles. The summed E-state index contributed by atoms with van der Waals surface area (Å²) >= 11 is 0. The van der Waals surface area contributed by atoms with Crippen molar-refractivity contribution in [3.63, 3.8) is 0 Å². The molecule has 0 fully saturated rings. The number of aromatic nitrogens is 3. The fourth-order valence-corrected chi connectivity index (χ4v) is 3.26. The van der Waals surface area contributed by atoms with Gasteiger partial charge in [-0.2, -0.15) is 0 Å². The molecule has 0 aliphatic carbocycles. The van der Waals surface area contributed by atoms with Crippen LogP contribution in [0.3, 0.4) is 0 Å². The highest BCUT2D eigenvalue weighted by Gasteiger charge is 2.26. The second-order valence-electron chi connectivity index (χ2n) is 6.16. The van der Waals surface area contributed by atoms with Gasteiger partial charge in [-0.3, -0.25) is 4.79 Å². The minimum absolute atomic E-state index is 0.0304. The van der Waals surface area contributed by atoms with Gasteiger partial charge in [0.05, 0.1) is 0 Å². The molecule has 1 atom stereocenters. The third-order valence-corrected chi connectivity index (χ3v) is 4.59. The summed E-state index contributed by atoms with van der Waals surface area (Å²) in [5.41, 5.74) is 0.778. The van der Waals surface area contributed by atoms with Crippen molar-refractivity contribution in [3.8, 4) is 0 Å². The number of aryl methyl sites for hydroxylation is 3. The number of carbonyl (C=O) groups excluding carboxylic acids is 1. The highest BCUT2D eigenvalue weighted by Crippen LogP contribution is 2.27. The molecule has 0 unspecified atom stereocenters. The van der Waals surface area contributed by atoms with Crippen molar-refractivity contribution < 1.29 is 13.6 Å². The first-order valence-electron chi connectivity index (χ1n) is 7.91. The van der Waals surface area contributed by atoms with Crippen molar-refractivity contribution in [2.24, 2.45) is 0 Å². The quantitative estimate of drug-likeness (QED) is 0.784. The Labute approximate surface area is 137 Å². The molecule has 1 aliphatic heterocycles. The molecule has 0 saturated heterocycles. The number of nitrogens with zero attached hydrogens (tertiary/aromatic N) is 3. The molecule has 7 heteroatoms. The number of amides is 1. The van der Waals surface area contributed by atoms with E-state index in [1.54, 1.807) is 19.1 Å². The summed E-state index contributed by atoms with van der Waals surface area (Å²) in [6.45, 7) is 4.30. The molecular formula is C17H17FN4O2. The van der Waals surface area contributed by atoms with Gasteiger partial charge in [0.15, 0.2) is 17.2 Å². The van der Waals surface area contributed by atoms with Gasteiger partial charge in [0.2, 0.25) is 0 Å². The Bertz CT molecular complexity index is 944. The topological polar surface area (TPSA) is 73.0 Å². The number of halogens is 1. The molecule has 124 valence electrons. The molecule has 3 aromatic rings. The van der Waals surface area contributed by atoms with Crippen molar-refractivity contribution in [2.45, 2.75) is 39.3 Å². The lowest BCUT2D eigenvalue weighted by Crippen LogP contribution is -2.41. The molecule has 0 radical (unpaired) electrons. The second-order valence-corrected chi connectivity index (χ2v) is 6.16. The Kier molecular flexibility index (Phi) is 3.37. The average Bonchev–Trinajstić information content (AvgIpc) is 3.10. The van der Waals surface area contributed by atoms with E-state index in [9.17, 15) is 9.18 Å². The summed E-state index contributed by atoms with van der Waals surface area (Å²) in [6, 6.07) is 4.66. The molecule has 1 aliphatic rings. The van der Waals surface area contributed by atoms with Gasteiger partial charge >= 0.3 is 0 Å². The van der Waals surface area contributed by atoms with E-state index in [0.717, 1.165) is 24.5 Å². The van der Waals surface area contributed by atoms with Gasteiger partial charge in [0, 0.05) is 30.0 Å². The smallest absolute Gasteiger partial charge is 0.287 e. The van der Waals surface area contributed by atoms with Crippen LogP contribution in [0.1, 0.15) is 34.2 Å². The summed E-state index contributed by atoms with van der Waals surface area (Å²) in [5.74, 6) is 1.17. The zero-order chi connectivity index (χ0) is 16.8. The van der Waals surface area contributed by atoms with Crippen LogP contribution in [0.2, 0.25) is 0 Å². The first-order valence-corrected chi connectivity index (χ1v) is 7.91. The summed E-state index contributed by atoms with van der Waals surface area (Å²) < 4.78 is 21.3. The number of rotatable bonds is 2. The Morgan fingerprint density at radius 1 is 1.38 bits per heavy atom. The van der Waals surface area contributed by atoms with E-state index in [1.807, 2.05) is 11.5 Å². The van der Waals surface area contributed by atoms with E-state index in [-0.39, 0.29) is 23.3 Å². The molecule has 0 bridgehead atoms. The van der Waals surface area contributed by atoms with Gasteiger partial charge in [-0.25, -0.2) is 4.39 Å². The minimum atomic E-state index is -0.461. The molecule has 0 spiro atoms. The number of hydrogen-bond donors (Lipinski definition) is 1. The zero-order valence-corrected chi connectivity index (χ0v) is 13.5. The van der Waals surface area contributed by atoms with Gasteiger partial charge < -0.3 is 14.3 Å². The predicted octanol–water partition coefficient (Wildman–Crippen LogP) is 2.53. The molecule has 3 heterocycles. The van der Waals surface area contributed by atoms with E-state index >= 15 is 0 Å². The number of carbonyl (C=O) groups is 1. The lowest BCUT2D eigenvalue weighted by Gasteiger charge is -2.24. The standard InChI is InChI=1S/C17H17FN4O2/c1-9-12-4-3-5-13(18)16(12)24-15(9)17(23)19-11-6-7-14-21-20-10(2)22(14)8-11/h3-5,11H,6-8H2,1-2H3,(H,19,23)/t11-/m0/s1. The van der Waals surface area contributed by atoms with Gasteiger partial charge in [0.1, 0.15) is 11.6 Å². The molecule has 1 aromatic carbocycles. The number of nitrogens with one attached hydrogen (secondary N) is 1. The number of para-hydroxylation sites is 1. The summed E-state index contributed by atoms with van der Waals surface area (Å²) in [4.78, 5) is 12.6. The van der Waals surface area contributed by atoms with E-state index in [0.29, 0.717) is 17.5 Å². The lowest BCUT2D eigenvalue weighted by molar-refractivity contribution is 0.0900. The fraction of sp³-hybridized carbons (Fsp3) is 0.353. The van der Waals surface area contributed by atoms with Crippen molar-refractivity contribution in [1.29, 1.82) is 0 Å². The fourth-order valence-electron chi connectivity index (χ4n) is 3.26. The van der Waals surface area contributed by atoms with Crippen molar-refractivity contribution in [2.75, 3.05) is 0 Å². The van der Waals surface area contributed by atoms with E-state index in [2.05, 4.69) is 15.5 Å². The highest BCUT2D eigenvalue weighted by atomic mass is 19.1. The van der Waals surface area contributed by atoms with Crippen LogP contribution in [0.15, 0.2) is 22.6 Å². The molecular weight excluding hydrogens is 311 g/mol. The maximum Gasteiger partial charge on any atom is 0.287 e. The van der Waals surface area contributed by atoms with Crippen LogP contribution in [0, 0.1) is 19.7 Å². The van der Waals surface area contributed by atoms with Crippen LogP contribution in [0.25, 0.3) is 11.0 Å². The van der Waals surface area contributed by atoms with Crippen molar-refractivity contribution >= 4 is 16.9 Å². The Balaban J connectivity index is 1.58. The average molecular weight is 328 g/mol. The van der Waals surface area contributed by atoms with Gasteiger partial charge in [-0.05, 0) is 26.3 Å². The maximum atomic E-state index is 13.8. The van der Waals surface area contributed by atoms with E-state index < -0.39 is 5.82 Å². The predicted molar refractivity (Wildman–Crippen MR) is 85.2 cm³/mol. The summed E-state index contributed by atoms with van der Waals surface area (Å²) in [6.07, 6.45) is 1.55. The Hall–Kier alpha value is -2.70. The largest absolute Gasteiger partial charge is 0.448 e. The van der Waals surface area contributed by atoms with Crippen LogP contribution >= 0.6 is 0 Å². The maximum absolute atomic E-state index is 13.8.